The lowest BCUT2D eigenvalue weighted by Gasteiger charge is -2.19. The van der Waals surface area contributed by atoms with Gasteiger partial charge >= 0.3 is 0 Å². The number of carbonyl (C=O) groups excluding carboxylic acids is 2. The topological polar surface area (TPSA) is 100 Å². The molecule has 0 saturated carbocycles. The Balaban J connectivity index is 1.87. The van der Waals surface area contributed by atoms with Crippen LogP contribution in [0.5, 0.6) is 11.5 Å². The smallest absolute Gasteiger partial charge is 0.279 e. The zero-order valence-electron chi connectivity index (χ0n) is 16.6. The average Bonchev–Trinajstić information content (AvgIpc) is 2.68. The first-order valence-electron chi connectivity index (χ1n) is 8.91. The zero-order chi connectivity index (χ0) is 21.6. The molecule has 0 radical (unpaired) electrons. The number of nitriles is 1. The first kappa shape index (κ1) is 22.1. The van der Waals surface area contributed by atoms with Crippen molar-refractivity contribution in [1.82, 2.24) is 10.9 Å². The minimum atomic E-state index is -0.861. The number of carbonyl (C=O) groups is 2. The quantitative estimate of drug-likeness (QED) is 0.705. The molecule has 0 saturated heterocycles. The molecule has 0 spiro atoms. The van der Waals surface area contributed by atoms with E-state index in [1.165, 1.54) is 0 Å². The predicted molar refractivity (Wildman–Crippen MR) is 109 cm³/mol. The van der Waals surface area contributed by atoms with Crippen LogP contribution in [0.4, 0.5) is 0 Å². The number of amides is 2. The van der Waals surface area contributed by atoms with Gasteiger partial charge in [0, 0.05) is 5.02 Å². The lowest BCUT2D eigenvalue weighted by atomic mass is 10.1. The van der Waals surface area contributed by atoms with Gasteiger partial charge in [0.1, 0.15) is 11.5 Å². The van der Waals surface area contributed by atoms with Gasteiger partial charge in [0.15, 0.2) is 12.2 Å². The number of hydrogen-bond donors (Lipinski definition) is 2. The van der Waals surface area contributed by atoms with Gasteiger partial charge in [-0.05, 0) is 75.2 Å². The van der Waals surface area contributed by atoms with Gasteiger partial charge in [-0.25, -0.2) is 0 Å². The van der Waals surface area contributed by atoms with Crippen molar-refractivity contribution in [2.45, 2.75) is 39.9 Å². The molecule has 2 atom stereocenters. The van der Waals surface area contributed by atoms with Gasteiger partial charge in [-0.15, -0.1) is 0 Å². The van der Waals surface area contributed by atoms with Gasteiger partial charge in [-0.3, -0.25) is 20.4 Å². The van der Waals surface area contributed by atoms with Gasteiger partial charge < -0.3 is 9.47 Å². The molecule has 2 unspecified atom stereocenters. The van der Waals surface area contributed by atoms with Gasteiger partial charge in [0.05, 0.1) is 11.6 Å². The van der Waals surface area contributed by atoms with Crippen molar-refractivity contribution >= 4 is 23.4 Å². The number of nitrogens with one attached hydrogen (secondary N) is 2. The number of rotatable bonds is 6. The van der Waals surface area contributed by atoms with Crippen LogP contribution in [0.25, 0.3) is 0 Å². The number of ether oxygens (including phenoxy) is 2. The second-order valence-corrected chi connectivity index (χ2v) is 6.94. The van der Waals surface area contributed by atoms with Crippen LogP contribution in [0.2, 0.25) is 5.02 Å². The Kier molecular flexibility index (Phi) is 7.46. The molecule has 2 N–H and O–H groups in total. The summed E-state index contributed by atoms with van der Waals surface area (Å²) in [5.41, 5.74) is 6.74. The first-order valence-corrected chi connectivity index (χ1v) is 9.29. The number of halogens is 1. The Labute approximate surface area is 174 Å². The average molecular weight is 416 g/mol. The summed E-state index contributed by atoms with van der Waals surface area (Å²) in [6.07, 6.45) is -1.70. The molecule has 0 aromatic heterocycles. The largest absolute Gasteiger partial charge is 0.481 e. The van der Waals surface area contributed by atoms with Crippen molar-refractivity contribution < 1.29 is 19.1 Å². The van der Waals surface area contributed by atoms with E-state index in [-0.39, 0.29) is 0 Å². The van der Waals surface area contributed by atoms with Gasteiger partial charge in [0.2, 0.25) is 0 Å². The Bertz CT molecular complexity index is 915. The highest BCUT2D eigenvalue weighted by Crippen LogP contribution is 2.27. The number of hydrogen-bond acceptors (Lipinski definition) is 5. The van der Waals surface area contributed by atoms with Crippen LogP contribution >= 0.6 is 11.6 Å². The molecule has 0 aliphatic heterocycles. The first-order chi connectivity index (χ1) is 13.7. The van der Waals surface area contributed by atoms with Crippen molar-refractivity contribution in [3.05, 3.63) is 58.1 Å². The van der Waals surface area contributed by atoms with E-state index in [0.717, 1.165) is 11.1 Å². The molecular formula is C21H22ClN3O4. The number of hydrazine groups is 1. The molecule has 0 bridgehead atoms. The monoisotopic (exact) mass is 415 g/mol. The van der Waals surface area contributed by atoms with E-state index in [9.17, 15) is 9.59 Å². The minimum absolute atomic E-state index is 0.434. The molecule has 2 aromatic rings. The molecule has 7 nitrogen and oxygen atoms in total. The second-order valence-electron chi connectivity index (χ2n) is 6.50. The molecule has 8 heteroatoms. The molecule has 2 rings (SSSR count). The Morgan fingerprint density at radius 3 is 1.93 bits per heavy atom. The highest BCUT2D eigenvalue weighted by atomic mass is 35.5. The Morgan fingerprint density at radius 2 is 1.45 bits per heavy atom. The standard InChI is InChI=1S/C21H22ClN3O4/c1-12-9-17(22)10-13(2)19(12)29-15(4)21(27)25-24-20(26)14(3)28-18-7-5-16(11-23)6-8-18/h5-10,14-15H,1-4H3,(H,24,26)(H,25,27). The SMILES string of the molecule is Cc1cc(Cl)cc(C)c1OC(C)C(=O)NNC(=O)C(C)Oc1ccc(C#N)cc1. The summed E-state index contributed by atoms with van der Waals surface area (Å²) in [6, 6.07) is 11.8. The van der Waals surface area contributed by atoms with Crippen molar-refractivity contribution in [2.24, 2.45) is 0 Å². The van der Waals surface area contributed by atoms with Crippen molar-refractivity contribution in [3.8, 4) is 17.6 Å². The lowest BCUT2D eigenvalue weighted by molar-refractivity contribution is -0.135. The Hall–Kier alpha value is -3.24. The van der Waals surface area contributed by atoms with Crippen molar-refractivity contribution in [3.63, 3.8) is 0 Å². The maximum atomic E-state index is 12.2. The van der Waals surface area contributed by atoms with Crippen LogP contribution < -0.4 is 20.3 Å². The molecule has 0 heterocycles. The van der Waals surface area contributed by atoms with E-state index in [0.29, 0.717) is 22.1 Å². The van der Waals surface area contributed by atoms with E-state index in [1.807, 2.05) is 19.9 Å². The molecule has 0 aliphatic carbocycles. The minimum Gasteiger partial charge on any atom is -0.481 e. The maximum absolute atomic E-state index is 12.2. The molecule has 29 heavy (non-hydrogen) atoms. The molecular weight excluding hydrogens is 394 g/mol. The van der Waals surface area contributed by atoms with Gasteiger partial charge in [-0.2, -0.15) is 5.26 Å². The van der Waals surface area contributed by atoms with E-state index >= 15 is 0 Å². The van der Waals surface area contributed by atoms with E-state index in [2.05, 4.69) is 10.9 Å². The zero-order valence-corrected chi connectivity index (χ0v) is 17.3. The van der Waals surface area contributed by atoms with Gasteiger partial charge in [0.25, 0.3) is 11.8 Å². The Morgan fingerprint density at radius 1 is 0.966 bits per heavy atom. The molecule has 152 valence electrons. The second kappa shape index (κ2) is 9.80. The third-order valence-electron chi connectivity index (χ3n) is 4.06. The molecule has 2 aromatic carbocycles. The van der Waals surface area contributed by atoms with Crippen molar-refractivity contribution in [2.75, 3.05) is 0 Å². The highest BCUT2D eigenvalue weighted by Gasteiger charge is 2.20. The van der Waals surface area contributed by atoms with Crippen molar-refractivity contribution in [1.29, 1.82) is 5.26 Å². The number of benzene rings is 2. The fourth-order valence-electron chi connectivity index (χ4n) is 2.51. The summed E-state index contributed by atoms with van der Waals surface area (Å²) in [7, 11) is 0. The van der Waals surface area contributed by atoms with E-state index < -0.39 is 24.0 Å². The van der Waals surface area contributed by atoms with E-state index in [1.54, 1.807) is 50.2 Å². The van der Waals surface area contributed by atoms with Crippen LogP contribution in [0.3, 0.4) is 0 Å². The fourth-order valence-corrected chi connectivity index (χ4v) is 2.83. The van der Waals surface area contributed by atoms with E-state index in [4.69, 9.17) is 26.3 Å². The van der Waals surface area contributed by atoms with Crippen LogP contribution in [0.1, 0.15) is 30.5 Å². The lowest BCUT2D eigenvalue weighted by Crippen LogP contribution is -2.50. The maximum Gasteiger partial charge on any atom is 0.279 e. The molecule has 0 fully saturated rings. The molecule has 0 aliphatic rings. The number of aryl methyl sites for hydroxylation is 2. The predicted octanol–water partition coefficient (Wildman–Crippen LogP) is 3.21. The fraction of sp³-hybridized carbons (Fsp3) is 0.286. The summed E-state index contributed by atoms with van der Waals surface area (Å²) < 4.78 is 11.2. The highest BCUT2D eigenvalue weighted by molar-refractivity contribution is 6.30. The molecule has 2 amide bonds. The van der Waals surface area contributed by atoms with Crippen LogP contribution in [-0.2, 0) is 9.59 Å². The third-order valence-corrected chi connectivity index (χ3v) is 4.28. The summed E-state index contributed by atoms with van der Waals surface area (Å²) in [6.45, 7) is 6.79. The van der Waals surface area contributed by atoms with Crippen LogP contribution in [-0.4, -0.2) is 24.0 Å². The van der Waals surface area contributed by atoms with Gasteiger partial charge in [-0.1, -0.05) is 11.6 Å². The third kappa shape index (κ3) is 6.13. The summed E-state index contributed by atoms with van der Waals surface area (Å²) >= 11 is 6.00. The summed E-state index contributed by atoms with van der Waals surface area (Å²) in [5, 5.41) is 9.38. The van der Waals surface area contributed by atoms with Crippen LogP contribution in [0, 0.1) is 25.2 Å². The summed E-state index contributed by atoms with van der Waals surface area (Å²) in [5.74, 6) is -0.0457. The normalized spacial score (nSPS) is 12.3. The van der Waals surface area contributed by atoms with Crippen LogP contribution in [0.15, 0.2) is 36.4 Å². The summed E-state index contributed by atoms with van der Waals surface area (Å²) in [4.78, 5) is 24.4. The number of nitrogens with zero attached hydrogens (tertiary/aromatic N) is 1.